The van der Waals surface area contributed by atoms with Crippen LogP contribution >= 0.6 is 0 Å². The van der Waals surface area contributed by atoms with Crippen LogP contribution < -0.4 is 10.6 Å². The monoisotopic (exact) mass is 326 g/mol. The second kappa shape index (κ2) is 6.69. The minimum absolute atomic E-state index is 0.00887. The molecular formula is C16H26N2O3S. The number of rotatable bonds is 4. The Kier molecular flexibility index (Phi) is 5.62. The maximum Gasteiger partial charge on any atom is 0.315 e. The molecule has 0 aliphatic rings. The molecule has 0 bridgehead atoms. The molecule has 0 aliphatic heterocycles. The van der Waals surface area contributed by atoms with E-state index >= 15 is 0 Å². The minimum Gasteiger partial charge on any atom is -0.335 e. The van der Waals surface area contributed by atoms with E-state index in [1.165, 1.54) is 6.26 Å². The number of hydrogen-bond acceptors (Lipinski definition) is 3. The molecule has 5 nitrogen and oxygen atoms in total. The standard InChI is InChI=1S/C16H26N2O3S/c1-11-9-13(7-8-14(11)22(6,20)21)10-17-15(19)18-12(2)16(3,4)5/h7-9,12H,10H2,1-6H3,(H2,17,18,19)/t12-/m0/s1. The van der Waals surface area contributed by atoms with Crippen LogP contribution in [0.2, 0.25) is 0 Å². The van der Waals surface area contributed by atoms with Crippen LogP contribution in [0, 0.1) is 12.3 Å². The number of aryl methyl sites for hydroxylation is 1. The molecule has 0 heterocycles. The summed E-state index contributed by atoms with van der Waals surface area (Å²) in [6, 6.07) is 4.90. The van der Waals surface area contributed by atoms with Gasteiger partial charge in [-0.2, -0.15) is 0 Å². The van der Waals surface area contributed by atoms with E-state index in [2.05, 4.69) is 31.4 Å². The maximum absolute atomic E-state index is 11.9. The van der Waals surface area contributed by atoms with Crippen molar-refractivity contribution in [3.05, 3.63) is 29.3 Å². The maximum atomic E-state index is 11.9. The van der Waals surface area contributed by atoms with Gasteiger partial charge in [0.25, 0.3) is 0 Å². The molecule has 0 aromatic heterocycles. The highest BCUT2D eigenvalue weighted by molar-refractivity contribution is 7.90. The fourth-order valence-corrected chi connectivity index (χ4v) is 2.84. The van der Waals surface area contributed by atoms with Crippen LogP contribution in [0.1, 0.15) is 38.8 Å². The number of benzene rings is 1. The zero-order valence-corrected chi connectivity index (χ0v) is 15.0. The lowest BCUT2D eigenvalue weighted by atomic mass is 9.88. The van der Waals surface area contributed by atoms with Crippen LogP contribution in [-0.4, -0.2) is 26.7 Å². The number of nitrogens with one attached hydrogen (secondary N) is 2. The summed E-state index contributed by atoms with van der Waals surface area (Å²) in [5.41, 5.74) is 1.54. The highest BCUT2D eigenvalue weighted by Gasteiger charge is 2.21. The molecule has 0 spiro atoms. The first-order chi connectivity index (χ1) is 9.91. The van der Waals surface area contributed by atoms with Gasteiger partial charge in [-0.3, -0.25) is 0 Å². The third-order valence-electron chi connectivity index (χ3n) is 3.74. The van der Waals surface area contributed by atoms with Gasteiger partial charge in [0.15, 0.2) is 9.84 Å². The van der Waals surface area contributed by atoms with Gasteiger partial charge in [-0.15, -0.1) is 0 Å². The fourth-order valence-electron chi connectivity index (χ4n) is 1.88. The Morgan fingerprint density at radius 1 is 1.27 bits per heavy atom. The SMILES string of the molecule is Cc1cc(CNC(=O)N[C@@H](C)C(C)(C)C)ccc1S(C)(=O)=O. The third kappa shape index (κ3) is 5.33. The summed E-state index contributed by atoms with van der Waals surface area (Å²) < 4.78 is 23.1. The van der Waals surface area contributed by atoms with Crippen molar-refractivity contribution in [2.24, 2.45) is 5.41 Å². The molecule has 6 heteroatoms. The molecule has 0 saturated carbocycles. The van der Waals surface area contributed by atoms with Crippen molar-refractivity contribution in [2.75, 3.05) is 6.26 Å². The molecule has 0 radical (unpaired) electrons. The van der Waals surface area contributed by atoms with Crippen molar-refractivity contribution in [1.82, 2.24) is 10.6 Å². The summed E-state index contributed by atoms with van der Waals surface area (Å²) in [6.07, 6.45) is 1.19. The minimum atomic E-state index is -3.21. The highest BCUT2D eigenvalue weighted by Crippen LogP contribution is 2.18. The molecule has 1 aromatic carbocycles. The largest absolute Gasteiger partial charge is 0.335 e. The predicted molar refractivity (Wildman–Crippen MR) is 88.6 cm³/mol. The van der Waals surface area contributed by atoms with E-state index in [1.54, 1.807) is 25.1 Å². The van der Waals surface area contributed by atoms with Gasteiger partial charge in [-0.25, -0.2) is 13.2 Å². The number of hydrogen-bond donors (Lipinski definition) is 2. The first-order valence-electron chi connectivity index (χ1n) is 7.25. The molecule has 0 unspecified atom stereocenters. The summed E-state index contributed by atoms with van der Waals surface area (Å²) in [5.74, 6) is 0. The van der Waals surface area contributed by atoms with Gasteiger partial charge in [-0.05, 0) is 36.5 Å². The zero-order chi connectivity index (χ0) is 17.1. The van der Waals surface area contributed by atoms with E-state index < -0.39 is 9.84 Å². The lowest BCUT2D eigenvalue weighted by molar-refractivity contribution is 0.222. The Labute approximate surface area is 133 Å². The van der Waals surface area contributed by atoms with E-state index in [-0.39, 0.29) is 17.5 Å². The second-order valence-corrected chi connectivity index (χ2v) is 8.77. The van der Waals surface area contributed by atoms with Gasteiger partial charge < -0.3 is 10.6 Å². The van der Waals surface area contributed by atoms with Crippen LogP contribution in [0.4, 0.5) is 4.79 Å². The second-order valence-electron chi connectivity index (χ2n) is 6.79. The van der Waals surface area contributed by atoms with Crippen molar-refractivity contribution in [3.63, 3.8) is 0 Å². The van der Waals surface area contributed by atoms with E-state index in [4.69, 9.17) is 0 Å². The summed E-state index contributed by atoms with van der Waals surface area (Å²) >= 11 is 0. The molecule has 0 aliphatic carbocycles. The fraction of sp³-hybridized carbons (Fsp3) is 0.562. The molecule has 22 heavy (non-hydrogen) atoms. The Morgan fingerprint density at radius 3 is 2.32 bits per heavy atom. The Morgan fingerprint density at radius 2 is 1.86 bits per heavy atom. The van der Waals surface area contributed by atoms with Gasteiger partial charge in [0, 0.05) is 18.8 Å². The van der Waals surface area contributed by atoms with Crippen LogP contribution in [0.3, 0.4) is 0 Å². The number of carbonyl (C=O) groups is 1. The quantitative estimate of drug-likeness (QED) is 0.893. The van der Waals surface area contributed by atoms with Crippen molar-refractivity contribution in [2.45, 2.75) is 52.1 Å². The van der Waals surface area contributed by atoms with Crippen LogP contribution in [0.25, 0.3) is 0 Å². The van der Waals surface area contributed by atoms with Gasteiger partial charge in [-0.1, -0.05) is 32.9 Å². The smallest absolute Gasteiger partial charge is 0.315 e. The summed E-state index contributed by atoms with van der Waals surface area (Å²) in [5, 5.41) is 5.68. The highest BCUT2D eigenvalue weighted by atomic mass is 32.2. The van der Waals surface area contributed by atoms with E-state index in [1.807, 2.05) is 6.92 Å². The van der Waals surface area contributed by atoms with Gasteiger partial charge in [0.1, 0.15) is 0 Å². The molecule has 0 saturated heterocycles. The Hall–Kier alpha value is -1.56. The molecule has 124 valence electrons. The molecule has 2 N–H and O–H groups in total. The first kappa shape index (κ1) is 18.5. The predicted octanol–water partition coefficient (Wildman–Crippen LogP) is 2.63. The molecule has 1 aromatic rings. The summed E-state index contributed by atoms with van der Waals surface area (Å²) in [7, 11) is -3.21. The lowest BCUT2D eigenvalue weighted by Gasteiger charge is -2.28. The van der Waals surface area contributed by atoms with Crippen molar-refractivity contribution in [3.8, 4) is 0 Å². The Balaban J connectivity index is 2.66. The molecular weight excluding hydrogens is 300 g/mol. The van der Waals surface area contributed by atoms with Crippen molar-refractivity contribution < 1.29 is 13.2 Å². The van der Waals surface area contributed by atoms with Gasteiger partial charge in [0.05, 0.1) is 4.90 Å². The lowest BCUT2D eigenvalue weighted by Crippen LogP contribution is -2.46. The molecule has 0 fully saturated rings. The number of urea groups is 1. The average molecular weight is 326 g/mol. The molecule has 1 rings (SSSR count). The molecule has 1 atom stereocenters. The van der Waals surface area contributed by atoms with Crippen LogP contribution in [0.15, 0.2) is 23.1 Å². The number of carbonyl (C=O) groups excluding carboxylic acids is 1. The summed E-state index contributed by atoms with van der Waals surface area (Å²) in [4.78, 5) is 12.2. The Bertz CT molecular complexity index is 646. The number of amides is 2. The van der Waals surface area contributed by atoms with Crippen LogP contribution in [-0.2, 0) is 16.4 Å². The zero-order valence-electron chi connectivity index (χ0n) is 14.1. The van der Waals surface area contributed by atoms with Crippen molar-refractivity contribution in [1.29, 1.82) is 0 Å². The van der Waals surface area contributed by atoms with Gasteiger partial charge in [0.2, 0.25) is 0 Å². The van der Waals surface area contributed by atoms with E-state index in [9.17, 15) is 13.2 Å². The van der Waals surface area contributed by atoms with Crippen molar-refractivity contribution >= 4 is 15.9 Å². The van der Waals surface area contributed by atoms with Crippen LogP contribution in [0.5, 0.6) is 0 Å². The topological polar surface area (TPSA) is 75.3 Å². The average Bonchev–Trinajstić information content (AvgIpc) is 2.33. The van der Waals surface area contributed by atoms with E-state index in [0.717, 1.165) is 5.56 Å². The molecule has 2 amide bonds. The van der Waals surface area contributed by atoms with Gasteiger partial charge >= 0.3 is 6.03 Å². The van der Waals surface area contributed by atoms with E-state index in [0.29, 0.717) is 17.0 Å². The summed E-state index contributed by atoms with van der Waals surface area (Å²) in [6.45, 7) is 10.3. The number of sulfone groups is 1. The third-order valence-corrected chi connectivity index (χ3v) is 5.00. The first-order valence-corrected chi connectivity index (χ1v) is 9.14. The normalized spacial score (nSPS) is 13.5.